The fourth-order valence-corrected chi connectivity index (χ4v) is 10.8. The third-order valence-electron chi connectivity index (χ3n) is 9.47. The van der Waals surface area contributed by atoms with Gasteiger partial charge in [-0.15, -0.1) is 0 Å². The maximum Gasteiger partial charge on any atom is -0.412 e. The van der Waals surface area contributed by atoms with Crippen molar-refractivity contribution in [2.45, 2.75) is 0 Å². The average molecular weight is 915 g/mol. The number of fused-ring (bicyclic) bond motifs is 2. The summed E-state index contributed by atoms with van der Waals surface area (Å²) in [6.07, 6.45) is 8.80. The van der Waals surface area contributed by atoms with E-state index in [1.807, 2.05) is 0 Å². The van der Waals surface area contributed by atoms with Gasteiger partial charge in [0.1, 0.15) is 0 Å². The molecule has 6 aromatic rings. The van der Waals surface area contributed by atoms with Gasteiger partial charge in [0.25, 0.3) is 0 Å². The van der Waals surface area contributed by atoms with Crippen LogP contribution in [0.4, 0.5) is 25.2 Å². The van der Waals surface area contributed by atoms with Crippen LogP contribution in [-0.4, -0.2) is 50.0 Å². The van der Waals surface area contributed by atoms with E-state index in [0.717, 1.165) is 67.4 Å². The summed E-state index contributed by atoms with van der Waals surface area (Å²) < 4.78 is 64.4. The quantitative estimate of drug-likeness (QED) is 0.0960. The fraction of sp³-hybridized carbons (Fsp3) is 0. The van der Waals surface area contributed by atoms with E-state index in [-0.39, 0.29) is 11.0 Å². The number of hydrogen-bond acceptors (Lipinski definition) is 2. The van der Waals surface area contributed by atoms with E-state index in [1.165, 1.54) is 22.1 Å². The second-order valence-electron chi connectivity index (χ2n) is 13.3. The minimum Gasteiger partial charge on any atom is -0.412 e. The Bertz CT molecular complexity index is 2710. The van der Waals surface area contributed by atoms with Gasteiger partial charge in [-0.05, 0) is 0 Å². The van der Waals surface area contributed by atoms with E-state index >= 15 is 0 Å². The molecule has 0 saturated heterocycles. The van der Waals surface area contributed by atoms with E-state index < -0.39 is 30.0 Å². The normalized spacial score (nSPS) is 16.2. The second kappa shape index (κ2) is 14.6. The molecule has 6 bridgehead atoms. The number of hydrogen-bond donors (Lipinski definition) is 0. The van der Waals surface area contributed by atoms with Crippen LogP contribution in [-0.2, 0) is 0 Å². The van der Waals surface area contributed by atoms with Crippen LogP contribution in [0.3, 0.4) is 0 Å². The Kier molecular flexibility index (Phi) is 10.1. The second-order valence-corrected chi connectivity index (χ2v) is 18.0. The molecule has 4 aliphatic rings. The van der Waals surface area contributed by atoms with Gasteiger partial charge in [-0.25, -0.2) is 0 Å². The van der Waals surface area contributed by atoms with Crippen molar-refractivity contribution in [1.29, 1.82) is 0 Å². The Balaban J connectivity index is 0.000000525. The van der Waals surface area contributed by atoms with Crippen LogP contribution in [0.15, 0.2) is 191 Å². The molecular weight excluding hydrogens is 883 g/mol. The molecule has 0 fully saturated rings. The number of nitrogens with zero attached hydrogens (tertiary/aromatic N) is 4. The number of allylic oxidation sites excluding steroid dienone is 4. The largest absolute Gasteiger partial charge is 0.412 e. The monoisotopic (exact) mass is 914 g/mol. The van der Waals surface area contributed by atoms with E-state index in [9.17, 15) is 25.2 Å². The Hall–Kier alpha value is -5.77. The van der Waals surface area contributed by atoms with E-state index in [2.05, 4.69) is 175 Å². The van der Waals surface area contributed by atoms with Crippen LogP contribution in [0.2, 0.25) is 0 Å². The molecule has 0 spiro atoms. The van der Waals surface area contributed by atoms with Crippen molar-refractivity contribution in [3.63, 3.8) is 0 Å². The van der Waals surface area contributed by atoms with Crippen molar-refractivity contribution >= 4 is 63.7 Å². The number of halogens is 6. The zero-order chi connectivity index (χ0) is 38.7. The first-order valence-corrected chi connectivity index (χ1v) is 21.8. The third-order valence-corrected chi connectivity index (χ3v) is 12.9. The Labute approximate surface area is 339 Å². The summed E-state index contributed by atoms with van der Waals surface area (Å²) in [7, 11) is -10.7. The van der Waals surface area contributed by atoms with Crippen LogP contribution in [0.5, 0.6) is 0 Å². The fourth-order valence-electron chi connectivity index (χ4n) is 7.31. The van der Waals surface area contributed by atoms with Gasteiger partial charge in [0.2, 0.25) is 0 Å². The predicted octanol–water partition coefficient (Wildman–Crippen LogP) is 8.92. The molecule has 0 aliphatic carbocycles. The van der Waals surface area contributed by atoms with E-state index in [1.54, 1.807) is 0 Å². The van der Waals surface area contributed by atoms with Crippen molar-refractivity contribution in [1.82, 2.24) is 5.45 Å². The first kappa shape index (κ1) is 40.4. The number of benzene rings is 4. The molecule has 0 unspecified atom stereocenters. The summed E-state index contributed by atoms with van der Waals surface area (Å²) in [6.45, 7) is 0. The van der Waals surface area contributed by atoms with E-state index in [4.69, 9.17) is 9.98 Å². The van der Waals surface area contributed by atoms with Crippen LogP contribution in [0.25, 0.3) is 22.3 Å². The molecule has 0 atom stereocenters. The predicted molar refractivity (Wildman–Crippen MR) is 221 cm³/mol. The number of rotatable bonds is 4. The Morgan fingerprint density at radius 1 is 0.379 bits per heavy atom. The van der Waals surface area contributed by atoms with Crippen LogP contribution < -0.4 is 10.7 Å². The van der Waals surface area contributed by atoms with Gasteiger partial charge in [-0.2, -0.15) is 0 Å². The van der Waals surface area contributed by atoms with Crippen molar-refractivity contribution in [2.75, 3.05) is 0 Å². The molecule has 2 aromatic heterocycles. The average Bonchev–Trinajstić information content (AvgIpc) is 4.00. The summed E-state index contributed by atoms with van der Waals surface area (Å²) in [5, 5.41) is 2.36. The molecule has 4 aromatic carbocycles. The van der Waals surface area contributed by atoms with Crippen molar-refractivity contribution in [2.24, 2.45) is 9.98 Å². The van der Waals surface area contributed by atoms with Crippen molar-refractivity contribution < 1.29 is 36.1 Å². The van der Waals surface area contributed by atoms with Gasteiger partial charge in [-0.3, -0.25) is 0 Å². The van der Waals surface area contributed by atoms with Gasteiger partial charge in [-0.1, -0.05) is 0 Å². The van der Waals surface area contributed by atoms with Gasteiger partial charge in [0.05, 0.1) is 0 Å². The van der Waals surface area contributed by atoms with E-state index in [0.29, 0.717) is 0 Å². The molecule has 293 valence electrons. The molecule has 6 heterocycles. The molecule has 0 amide bonds. The van der Waals surface area contributed by atoms with Gasteiger partial charge in [0, 0.05) is 0 Å². The van der Waals surface area contributed by atoms with Gasteiger partial charge in [0.15, 0.2) is 0 Å². The molecule has 0 saturated carbocycles. The maximum atomic E-state index is 9.87. The summed E-state index contributed by atoms with van der Waals surface area (Å²) >= 11 is -1.43. The van der Waals surface area contributed by atoms with Gasteiger partial charge >= 0.3 is 330 Å². The number of aromatic nitrogens is 2. The Morgan fingerprint density at radius 3 is 1.02 bits per heavy atom. The minimum absolute atomic E-state index is 0. The zero-order valence-corrected chi connectivity index (χ0v) is 33.6. The molecular formula is C44H32F6N4O2PSb-. The Morgan fingerprint density at radius 2 is 0.690 bits per heavy atom. The van der Waals surface area contributed by atoms with Crippen molar-refractivity contribution in [3.8, 4) is 0 Å². The standard InChI is InChI=1S/C44H28N4.F6P.2H2O.Sb/c1-5-13-29(14-6-1)41-33-21-23-35(45-33)42(30-15-7-2-8-16-30)37-25-27-39(47-37)44(32-19-11-4-12-20-32)40-28-26-38(48-40)43(31-17-9-3-10-18-31)36-24-22-34(41)46-36;1-7(2,3,4,5)6;;;/h1-28H;;2*1H2;/q-2;-1;;;+2. The zero-order valence-electron chi connectivity index (χ0n) is 30.1. The molecule has 10 rings (SSSR count). The summed E-state index contributed by atoms with van der Waals surface area (Å²) in [5.41, 5.74) is 15.5. The summed E-state index contributed by atoms with van der Waals surface area (Å²) in [6, 6.07) is 52.2. The SMILES string of the molecule is C1=CC2=C(c3ccccc3)c3ccc4[n]3[Sb][n]3c(ccc3=C(c3ccccc3)C3=NC(=C4c4ccccc4)C=C3)=C(c3ccccc3)C1=N2.F[P-](F)(F)(F)(F)F.O.O. The minimum atomic E-state index is -10.7. The molecule has 1 radical (unpaired) electrons. The first-order valence-electron chi connectivity index (χ1n) is 17.5. The molecule has 6 nitrogen and oxygen atoms in total. The third kappa shape index (κ3) is 8.15. The first-order chi connectivity index (χ1) is 26.8. The maximum absolute atomic E-state index is 10.7. The smallest absolute Gasteiger partial charge is 0.412 e. The molecule has 14 heteroatoms. The van der Waals surface area contributed by atoms with Crippen LogP contribution >= 0.6 is 7.81 Å². The van der Waals surface area contributed by atoms with Gasteiger partial charge < -0.3 is 11.0 Å². The summed E-state index contributed by atoms with van der Waals surface area (Å²) in [4.78, 5) is 10.9. The number of aliphatic imine (C=N–C) groups is 2. The van der Waals surface area contributed by atoms with Crippen LogP contribution in [0.1, 0.15) is 33.6 Å². The van der Waals surface area contributed by atoms with Crippen molar-refractivity contribution in [3.05, 3.63) is 226 Å². The molecule has 58 heavy (non-hydrogen) atoms. The van der Waals surface area contributed by atoms with Crippen LogP contribution in [0, 0.1) is 0 Å². The summed E-state index contributed by atoms with van der Waals surface area (Å²) in [5.74, 6) is 0. The molecule has 4 N–H and O–H groups in total. The topological polar surface area (TPSA) is 97.6 Å². The molecule has 4 aliphatic heterocycles.